The Balaban J connectivity index is 1.55. The third-order valence-corrected chi connectivity index (χ3v) is 3.40. The molecular weight excluding hydrogens is 306 g/mol. The average Bonchev–Trinajstić information content (AvgIpc) is 3.05. The van der Waals surface area contributed by atoms with Crippen molar-refractivity contribution in [3.05, 3.63) is 78.6 Å². The van der Waals surface area contributed by atoms with Crippen LogP contribution in [-0.2, 0) is 0 Å². The van der Waals surface area contributed by atoms with Crippen LogP contribution in [0.1, 0.15) is 5.76 Å². The Kier molecular flexibility index (Phi) is 5.01. The molecule has 0 spiro atoms. The van der Waals surface area contributed by atoms with Crippen molar-refractivity contribution in [2.24, 2.45) is 5.10 Å². The molecule has 0 bridgehead atoms. The zero-order valence-corrected chi connectivity index (χ0v) is 13.3. The van der Waals surface area contributed by atoms with E-state index < -0.39 is 0 Å². The molecule has 0 amide bonds. The summed E-state index contributed by atoms with van der Waals surface area (Å²) in [5.41, 5.74) is 4.61. The summed E-state index contributed by atoms with van der Waals surface area (Å²) >= 11 is 4.38. The summed E-state index contributed by atoms with van der Waals surface area (Å²) in [6, 6.07) is 23.6. The number of anilines is 1. The molecular formula is C18H17N3OS. The number of benzene rings is 2. The number of hydrogen-bond donors (Lipinski definition) is 3. The molecule has 0 aliphatic heterocycles. The molecule has 116 valence electrons. The maximum Gasteiger partial charge on any atom is 0.158 e. The van der Waals surface area contributed by atoms with E-state index in [1.54, 1.807) is 6.21 Å². The molecule has 1 heterocycles. The molecule has 5 heteroatoms. The molecule has 2 N–H and O–H groups in total. The number of hydrazone groups is 1. The van der Waals surface area contributed by atoms with E-state index in [0.717, 1.165) is 17.0 Å². The molecule has 3 aromatic rings. The molecule has 0 aliphatic rings. The zero-order valence-electron chi connectivity index (χ0n) is 12.4. The van der Waals surface area contributed by atoms with Gasteiger partial charge in [0.25, 0.3) is 0 Å². The fourth-order valence-electron chi connectivity index (χ4n) is 2.08. The van der Waals surface area contributed by atoms with E-state index in [0.29, 0.717) is 5.76 Å². The lowest BCUT2D eigenvalue weighted by Gasteiger charge is -2.13. The van der Waals surface area contributed by atoms with Crippen molar-refractivity contribution in [3.8, 4) is 11.3 Å². The Bertz CT molecular complexity index is 756. The lowest BCUT2D eigenvalue weighted by Crippen LogP contribution is -2.26. The van der Waals surface area contributed by atoms with E-state index in [2.05, 4.69) is 28.5 Å². The minimum absolute atomic E-state index is 0.294. The lowest BCUT2D eigenvalue weighted by molar-refractivity contribution is 0.573. The van der Waals surface area contributed by atoms with E-state index >= 15 is 0 Å². The molecule has 0 radical (unpaired) electrons. The van der Waals surface area contributed by atoms with Gasteiger partial charge in [-0.2, -0.15) is 5.10 Å². The summed E-state index contributed by atoms with van der Waals surface area (Å²) in [5, 5.41) is 7.30. The van der Waals surface area contributed by atoms with Crippen LogP contribution in [0.4, 0.5) is 5.69 Å². The van der Waals surface area contributed by atoms with Crippen LogP contribution in [0, 0.1) is 0 Å². The summed E-state index contributed by atoms with van der Waals surface area (Å²) in [5.74, 6) is 1.49. The Morgan fingerprint density at radius 3 is 2.35 bits per heavy atom. The van der Waals surface area contributed by atoms with Crippen LogP contribution < -0.4 is 10.7 Å². The molecule has 4 nitrogen and oxygen atoms in total. The van der Waals surface area contributed by atoms with Crippen molar-refractivity contribution in [1.29, 1.82) is 0 Å². The maximum absolute atomic E-state index is 5.74. The van der Waals surface area contributed by atoms with Crippen molar-refractivity contribution in [1.82, 2.24) is 5.43 Å². The Morgan fingerprint density at radius 2 is 1.61 bits per heavy atom. The predicted octanol–water partition coefficient (Wildman–Crippen LogP) is 4.20. The van der Waals surface area contributed by atoms with Crippen molar-refractivity contribution < 1.29 is 4.42 Å². The van der Waals surface area contributed by atoms with Gasteiger partial charge in [-0.15, -0.1) is 12.6 Å². The van der Waals surface area contributed by atoms with Crippen LogP contribution in [0.3, 0.4) is 0 Å². The lowest BCUT2D eigenvalue weighted by atomic mass is 10.2. The van der Waals surface area contributed by atoms with Crippen LogP contribution in [-0.4, -0.2) is 11.7 Å². The second-order valence-corrected chi connectivity index (χ2v) is 5.38. The standard InChI is InChI=1S/C18H17N3OS/c23-18(20-15-9-5-2-6-10-15)21-19-13-16-11-12-17(22-16)14-7-3-1-4-8-14/h1-13,18,20-21,23H/b19-13-. The molecule has 0 fully saturated rings. The summed E-state index contributed by atoms with van der Waals surface area (Å²) in [7, 11) is 0. The van der Waals surface area contributed by atoms with E-state index in [-0.39, 0.29) is 5.50 Å². The van der Waals surface area contributed by atoms with E-state index in [1.165, 1.54) is 0 Å². The fraction of sp³-hybridized carbons (Fsp3) is 0.0556. The number of nitrogens with one attached hydrogen (secondary N) is 2. The minimum atomic E-state index is -0.294. The molecule has 0 saturated carbocycles. The van der Waals surface area contributed by atoms with Crippen LogP contribution in [0.2, 0.25) is 0 Å². The van der Waals surface area contributed by atoms with E-state index in [9.17, 15) is 0 Å². The number of furan rings is 1. The highest BCUT2D eigenvalue weighted by atomic mass is 32.1. The quantitative estimate of drug-likeness (QED) is 0.276. The summed E-state index contributed by atoms with van der Waals surface area (Å²) in [6.45, 7) is 0. The zero-order chi connectivity index (χ0) is 15.9. The van der Waals surface area contributed by atoms with Gasteiger partial charge in [0.2, 0.25) is 0 Å². The first-order chi connectivity index (χ1) is 11.3. The number of hydrogen-bond acceptors (Lipinski definition) is 5. The van der Waals surface area contributed by atoms with Gasteiger partial charge >= 0.3 is 0 Å². The Hall–Kier alpha value is -2.66. The molecule has 1 atom stereocenters. The van der Waals surface area contributed by atoms with Crippen LogP contribution >= 0.6 is 12.6 Å². The third kappa shape index (κ3) is 4.40. The predicted molar refractivity (Wildman–Crippen MR) is 97.7 cm³/mol. The molecule has 0 aliphatic carbocycles. The highest BCUT2D eigenvalue weighted by Crippen LogP contribution is 2.20. The summed E-state index contributed by atoms with van der Waals surface area (Å²) in [4.78, 5) is 0. The van der Waals surface area contributed by atoms with Gasteiger partial charge in [-0.3, -0.25) is 5.43 Å². The van der Waals surface area contributed by atoms with E-state index in [4.69, 9.17) is 4.42 Å². The van der Waals surface area contributed by atoms with Gasteiger partial charge in [-0.05, 0) is 24.3 Å². The number of rotatable bonds is 6. The Morgan fingerprint density at radius 1 is 0.913 bits per heavy atom. The van der Waals surface area contributed by atoms with Gasteiger partial charge in [0, 0.05) is 11.3 Å². The smallest absolute Gasteiger partial charge is 0.158 e. The third-order valence-electron chi connectivity index (χ3n) is 3.15. The topological polar surface area (TPSA) is 49.6 Å². The first-order valence-corrected chi connectivity index (χ1v) is 7.76. The molecule has 1 unspecified atom stereocenters. The van der Waals surface area contributed by atoms with Gasteiger partial charge < -0.3 is 9.73 Å². The molecule has 0 saturated heterocycles. The van der Waals surface area contributed by atoms with Crippen LogP contribution in [0.15, 0.2) is 82.3 Å². The summed E-state index contributed by atoms with van der Waals surface area (Å²) < 4.78 is 5.74. The van der Waals surface area contributed by atoms with Crippen molar-refractivity contribution >= 4 is 24.5 Å². The average molecular weight is 323 g/mol. The minimum Gasteiger partial charge on any atom is -0.455 e. The fourth-order valence-corrected chi connectivity index (χ4v) is 2.29. The second-order valence-electron chi connectivity index (χ2n) is 4.87. The van der Waals surface area contributed by atoms with Gasteiger partial charge in [-0.25, -0.2) is 0 Å². The van der Waals surface area contributed by atoms with Crippen LogP contribution in [0.25, 0.3) is 11.3 Å². The van der Waals surface area contributed by atoms with Gasteiger partial charge in [0.05, 0.1) is 6.21 Å². The normalized spacial score (nSPS) is 12.2. The number of thiol groups is 1. The second kappa shape index (κ2) is 7.56. The van der Waals surface area contributed by atoms with Gasteiger partial charge in [0.15, 0.2) is 5.50 Å². The van der Waals surface area contributed by atoms with Crippen molar-refractivity contribution in [2.45, 2.75) is 5.50 Å². The molecule has 1 aromatic heterocycles. The Labute approximate surface area is 140 Å². The molecule has 2 aromatic carbocycles. The molecule has 3 rings (SSSR count). The van der Waals surface area contributed by atoms with Crippen molar-refractivity contribution in [2.75, 3.05) is 5.32 Å². The number of para-hydroxylation sites is 1. The van der Waals surface area contributed by atoms with E-state index in [1.807, 2.05) is 72.8 Å². The highest BCUT2D eigenvalue weighted by molar-refractivity contribution is 7.81. The number of nitrogens with zero attached hydrogens (tertiary/aromatic N) is 1. The first-order valence-electron chi connectivity index (χ1n) is 7.25. The molecule has 23 heavy (non-hydrogen) atoms. The van der Waals surface area contributed by atoms with Crippen LogP contribution in [0.5, 0.6) is 0 Å². The SMILES string of the molecule is SC(N/N=C\c1ccc(-c2ccccc2)o1)Nc1ccccc1. The summed E-state index contributed by atoms with van der Waals surface area (Å²) in [6.07, 6.45) is 1.63. The monoisotopic (exact) mass is 323 g/mol. The maximum atomic E-state index is 5.74. The largest absolute Gasteiger partial charge is 0.455 e. The highest BCUT2D eigenvalue weighted by Gasteiger charge is 2.03. The first kappa shape index (κ1) is 15.2. The van der Waals surface area contributed by atoms with Gasteiger partial charge in [-0.1, -0.05) is 48.5 Å². The van der Waals surface area contributed by atoms with Gasteiger partial charge in [0.1, 0.15) is 11.5 Å². The van der Waals surface area contributed by atoms with Crippen molar-refractivity contribution in [3.63, 3.8) is 0 Å².